The van der Waals surface area contributed by atoms with Crippen LogP contribution in [0.1, 0.15) is 20.9 Å². The van der Waals surface area contributed by atoms with Gasteiger partial charge in [-0.15, -0.1) is 11.3 Å². The summed E-state index contributed by atoms with van der Waals surface area (Å²) < 4.78 is 6.58. The molecule has 2 heterocycles. The number of thiazole rings is 1. The van der Waals surface area contributed by atoms with Crippen molar-refractivity contribution in [2.24, 2.45) is 0 Å². The Labute approximate surface area is 157 Å². The number of nitrogens with zero attached hydrogens (tertiary/aromatic N) is 1. The summed E-state index contributed by atoms with van der Waals surface area (Å²) in [5.41, 5.74) is 5.40. The Hall–Kier alpha value is -3.65. The van der Waals surface area contributed by atoms with Gasteiger partial charge in [0, 0.05) is 0 Å². The fourth-order valence-electron chi connectivity index (χ4n) is 2.46. The highest BCUT2D eigenvalue weighted by Crippen LogP contribution is 2.31. The van der Waals surface area contributed by atoms with E-state index >= 15 is 0 Å². The molecule has 8 heteroatoms. The Morgan fingerprint density at radius 2 is 1.67 bits per heavy atom. The van der Waals surface area contributed by atoms with Crippen LogP contribution in [0.25, 0.3) is 21.0 Å². The third-order valence-electron chi connectivity index (χ3n) is 3.77. The molecular formula is C19H13N3O4S. The number of carbonyl (C=O) groups is 2. The van der Waals surface area contributed by atoms with Crippen molar-refractivity contribution in [3.63, 3.8) is 0 Å². The lowest BCUT2D eigenvalue weighted by molar-refractivity contribution is 0.0830. The summed E-state index contributed by atoms with van der Waals surface area (Å²) >= 11 is 1.46. The molecule has 0 radical (unpaired) electrons. The van der Waals surface area contributed by atoms with Gasteiger partial charge < -0.3 is 9.52 Å². The Morgan fingerprint density at radius 1 is 0.926 bits per heavy atom. The number of hydrogen-bond donors (Lipinski definition) is 3. The maximum absolute atomic E-state index is 12.2. The Balaban J connectivity index is 1.46. The van der Waals surface area contributed by atoms with Gasteiger partial charge in [0.2, 0.25) is 0 Å². The maximum atomic E-state index is 12.2. The maximum Gasteiger partial charge on any atom is 0.305 e. The molecule has 27 heavy (non-hydrogen) atoms. The Morgan fingerprint density at radius 3 is 2.48 bits per heavy atom. The second kappa shape index (κ2) is 6.93. The standard InChI is InChI=1S/C19H13N3O4S/c23-13-7-3-1-5-11(13)17(24)21-22-18(25)14-9-10-15(26-14)19-20-12-6-2-4-8-16(12)27-19/h1-10,23H,(H,21,24)(H,22,25). The number of hydrazine groups is 1. The molecule has 134 valence electrons. The number of fused-ring (bicyclic) bond motifs is 1. The van der Waals surface area contributed by atoms with Gasteiger partial charge in [0.05, 0.1) is 15.8 Å². The Kier molecular flexibility index (Phi) is 4.31. The van der Waals surface area contributed by atoms with Gasteiger partial charge >= 0.3 is 5.91 Å². The summed E-state index contributed by atoms with van der Waals surface area (Å²) in [4.78, 5) is 28.7. The molecule has 0 aliphatic rings. The smallest absolute Gasteiger partial charge is 0.305 e. The molecule has 2 aromatic heterocycles. The van der Waals surface area contributed by atoms with Crippen LogP contribution in [0.4, 0.5) is 0 Å². The number of phenolic OH excluding ortho intramolecular Hbond substituents is 1. The average molecular weight is 379 g/mol. The van der Waals surface area contributed by atoms with Crippen LogP contribution >= 0.6 is 11.3 Å². The van der Waals surface area contributed by atoms with Gasteiger partial charge in [0.1, 0.15) is 5.75 Å². The molecule has 4 rings (SSSR count). The highest BCUT2D eigenvalue weighted by molar-refractivity contribution is 7.21. The normalized spacial score (nSPS) is 10.7. The number of rotatable bonds is 3. The fourth-order valence-corrected chi connectivity index (χ4v) is 3.39. The minimum atomic E-state index is -0.639. The van der Waals surface area contributed by atoms with Crippen LogP contribution in [0.3, 0.4) is 0 Å². The number of hydrogen-bond acceptors (Lipinski definition) is 6. The molecule has 0 bridgehead atoms. The van der Waals surface area contributed by atoms with Gasteiger partial charge in [-0.05, 0) is 36.4 Å². The topological polar surface area (TPSA) is 104 Å². The largest absolute Gasteiger partial charge is 0.507 e. The van der Waals surface area contributed by atoms with E-state index in [4.69, 9.17) is 4.42 Å². The summed E-state index contributed by atoms with van der Waals surface area (Å²) in [6.45, 7) is 0. The predicted molar refractivity (Wildman–Crippen MR) is 100 cm³/mol. The number of furan rings is 1. The van der Waals surface area contributed by atoms with Gasteiger partial charge in [0.25, 0.3) is 5.91 Å². The molecular weight excluding hydrogens is 366 g/mol. The van der Waals surface area contributed by atoms with E-state index in [0.717, 1.165) is 10.2 Å². The van der Waals surface area contributed by atoms with Gasteiger partial charge in [-0.25, -0.2) is 4.98 Å². The number of carbonyl (C=O) groups excluding carboxylic acids is 2. The molecule has 4 aromatic rings. The van der Waals surface area contributed by atoms with Crippen LogP contribution in [0.5, 0.6) is 5.75 Å². The number of benzene rings is 2. The summed E-state index contributed by atoms with van der Waals surface area (Å²) in [5.74, 6) is -0.943. The SMILES string of the molecule is O=C(NNC(=O)c1ccccc1O)c1ccc(-c2nc3ccccc3s2)o1. The van der Waals surface area contributed by atoms with E-state index < -0.39 is 11.8 Å². The van der Waals surface area contributed by atoms with Crippen LogP contribution in [0, 0.1) is 0 Å². The van der Waals surface area contributed by atoms with Gasteiger partial charge in [-0.1, -0.05) is 24.3 Å². The summed E-state index contributed by atoms with van der Waals surface area (Å²) in [6.07, 6.45) is 0. The molecule has 3 N–H and O–H groups in total. The summed E-state index contributed by atoms with van der Waals surface area (Å²) in [6, 6.07) is 16.9. The molecule has 0 spiro atoms. The zero-order valence-electron chi connectivity index (χ0n) is 13.8. The predicted octanol–water partition coefficient (Wildman–Crippen LogP) is 3.34. The first-order valence-electron chi connectivity index (χ1n) is 7.96. The second-order valence-corrected chi connectivity index (χ2v) is 6.61. The van der Waals surface area contributed by atoms with E-state index in [0.29, 0.717) is 10.8 Å². The number of phenols is 1. The van der Waals surface area contributed by atoms with Crippen molar-refractivity contribution in [2.45, 2.75) is 0 Å². The van der Waals surface area contributed by atoms with Crippen LogP contribution in [0.15, 0.2) is 65.1 Å². The highest BCUT2D eigenvalue weighted by atomic mass is 32.1. The molecule has 0 saturated heterocycles. The van der Waals surface area contributed by atoms with E-state index in [-0.39, 0.29) is 17.1 Å². The molecule has 0 fully saturated rings. The van der Waals surface area contributed by atoms with E-state index in [1.54, 1.807) is 18.2 Å². The third kappa shape index (κ3) is 3.38. The first kappa shape index (κ1) is 16.8. The molecule has 2 amide bonds. The van der Waals surface area contributed by atoms with Crippen molar-refractivity contribution in [2.75, 3.05) is 0 Å². The summed E-state index contributed by atoms with van der Waals surface area (Å²) in [5, 5.41) is 10.3. The van der Waals surface area contributed by atoms with E-state index in [1.165, 1.54) is 29.5 Å². The van der Waals surface area contributed by atoms with E-state index in [2.05, 4.69) is 15.8 Å². The number of aromatic hydroxyl groups is 1. The minimum absolute atomic E-state index is 0.0295. The first-order valence-corrected chi connectivity index (χ1v) is 8.78. The highest BCUT2D eigenvalue weighted by Gasteiger charge is 2.16. The lowest BCUT2D eigenvalue weighted by Crippen LogP contribution is -2.41. The number of amides is 2. The van der Waals surface area contributed by atoms with Crippen LogP contribution in [-0.4, -0.2) is 21.9 Å². The van der Waals surface area contributed by atoms with Crippen LogP contribution in [-0.2, 0) is 0 Å². The first-order chi connectivity index (χ1) is 13.1. The molecule has 0 unspecified atom stereocenters. The molecule has 0 saturated carbocycles. The molecule has 0 atom stereocenters. The molecule has 0 aliphatic heterocycles. The second-order valence-electron chi connectivity index (χ2n) is 5.58. The molecule has 7 nitrogen and oxygen atoms in total. The minimum Gasteiger partial charge on any atom is -0.507 e. The van der Waals surface area contributed by atoms with Crippen molar-refractivity contribution in [3.05, 3.63) is 72.0 Å². The molecule has 0 aliphatic carbocycles. The quantitative estimate of drug-likeness (QED) is 0.474. The van der Waals surface area contributed by atoms with E-state index in [9.17, 15) is 14.7 Å². The average Bonchev–Trinajstić information content (AvgIpc) is 3.33. The monoisotopic (exact) mass is 379 g/mol. The van der Waals surface area contributed by atoms with Crippen LogP contribution < -0.4 is 10.9 Å². The number of nitrogens with one attached hydrogen (secondary N) is 2. The fraction of sp³-hybridized carbons (Fsp3) is 0. The number of para-hydroxylation sites is 2. The number of aromatic nitrogens is 1. The van der Waals surface area contributed by atoms with Crippen molar-refractivity contribution in [1.29, 1.82) is 0 Å². The van der Waals surface area contributed by atoms with Gasteiger partial charge in [0.15, 0.2) is 16.5 Å². The lowest BCUT2D eigenvalue weighted by atomic mass is 10.2. The van der Waals surface area contributed by atoms with Gasteiger partial charge in [-0.2, -0.15) is 0 Å². The van der Waals surface area contributed by atoms with Gasteiger partial charge in [-0.3, -0.25) is 20.4 Å². The lowest BCUT2D eigenvalue weighted by Gasteiger charge is -2.07. The summed E-state index contributed by atoms with van der Waals surface area (Å²) in [7, 11) is 0. The zero-order valence-corrected chi connectivity index (χ0v) is 14.6. The zero-order chi connectivity index (χ0) is 18.8. The van der Waals surface area contributed by atoms with Crippen molar-refractivity contribution in [3.8, 4) is 16.5 Å². The van der Waals surface area contributed by atoms with Crippen molar-refractivity contribution < 1.29 is 19.1 Å². The Bertz CT molecular complexity index is 1120. The molecule has 2 aromatic carbocycles. The van der Waals surface area contributed by atoms with Crippen molar-refractivity contribution in [1.82, 2.24) is 15.8 Å². The van der Waals surface area contributed by atoms with E-state index in [1.807, 2.05) is 24.3 Å². The third-order valence-corrected chi connectivity index (χ3v) is 4.82. The van der Waals surface area contributed by atoms with Crippen molar-refractivity contribution >= 4 is 33.4 Å². The van der Waals surface area contributed by atoms with Crippen LogP contribution in [0.2, 0.25) is 0 Å².